The lowest BCUT2D eigenvalue weighted by atomic mass is 9.97. The fourth-order valence-electron chi connectivity index (χ4n) is 1.97. The van der Waals surface area contributed by atoms with Crippen molar-refractivity contribution in [3.8, 4) is 0 Å². The average molecular weight is 158 g/mol. The second kappa shape index (κ2) is 2.73. The van der Waals surface area contributed by atoms with Gasteiger partial charge >= 0.3 is 0 Å². The molecule has 0 unspecified atom stereocenters. The smallest absolute Gasteiger partial charge is 0.0840 e. The number of fused-ring (bicyclic) bond motifs is 2. The summed E-state index contributed by atoms with van der Waals surface area (Å²) < 4.78 is 5.45. The van der Waals surface area contributed by atoms with Crippen LogP contribution in [0.3, 0.4) is 0 Å². The Labute approximate surface area is 66.0 Å². The quantitative estimate of drug-likeness (QED) is 0.523. The number of hydrogen-bond acceptors (Lipinski definition) is 3. The molecule has 0 radical (unpaired) electrons. The van der Waals surface area contributed by atoms with Crippen LogP contribution in [0.5, 0.6) is 0 Å². The zero-order valence-corrected chi connectivity index (χ0v) is 6.44. The van der Waals surface area contributed by atoms with E-state index >= 15 is 0 Å². The highest BCUT2D eigenvalue weighted by Gasteiger charge is 2.37. The summed E-state index contributed by atoms with van der Waals surface area (Å²) in [4.78, 5) is 0. The average Bonchev–Trinajstić information content (AvgIpc) is 2.42. The van der Waals surface area contributed by atoms with Crippen LogP contribution < -0.4 is 0 Å². The summed E-state index contributed by atoms with van der Waals surface area (Å²) in [5, 5.41) is 18.9. The van der Waals surface area contributed by atoms with Crippen molar-refractivity contribution < 1.29 is 14.9 Å². The Morgan fingerprint density at radius 1 is 0.818 bits per heavy atom. The van der Waals surface area contributed by atoms with Crippen LogP contribution in [0.2, 0.25) is 0 Å². The van der Waals surface area contributed by atoms with E-state index in [1.807, 2.05) is 0 Å². The van der Waals surface area contributed by atoms with E-state index in [4.69, 9.17) is 4.74 Å². The van der Waals surface area contributed by atoms with Crippen molar-refractivity contribution in [3.05, 3.63) is 0 Å². The molecular weight excluding hydrogens is 144 g/mol. The van der Waals surface area contributed by atoms with Crippen LogP contribution in [0.25, 0.3) is 0 Å². The van der Waals surface area contributed by atoms with Gasteiger partial charge in [-0.25, -0.2) is 0 Å². The standard InChI is InChI=1S/C8H14O3/c9-5-1-2-6(10)8-4-3-7(5)11-8/h5-10H,1-4H2/t5-,6+,7+,8-. The van der Waals surface area contributed by atoms with Crippen LogP contribution in [0.1, 0.15) is 25.7 Å². The van der Waals surface area contributed by atoms with Gasteiger partial charge in [0.15, 0.2) is 0 Å². The summed E-state index contributed by atoms with van der Waals surface area (Å²) >= 11 is 0. The number of aliphatic hydroxyl groups excluding tert-OH is 2. The van der Waals surface area contributed by atoms with Gasteiger partial charge in [0.2, 0.25) is 0 Å². The lowest BCUT2D eigenvalue weighted by Crippen LogP contribution is -2.24. The van der Waals surface area contributed by atoms with Crippen LogP contribution >= 0.6 is 0 Å². The molecule has 0 aliphatic carbocycles. The number of rotatable bonds is 0. The number of hydrogen-bond donors (Lipinski definition) is 2. The third-order valence-electron chi connectivity index (χ3n) is 2.70. The first kappa shape index (κ1) is 7.53. The van der Waals surface area contributed by atoms with E-state index in [-0.39, 0.29) is 24.4 Å². The van der Waals surface area contributed by atoms with E-state index in [9.17, 15) is 10.2 Å². The Morgan fingerprint density at radius 2 is 1.27 bits per heavy atom. The third-order valence-corrected chi connectivity index (χ3v) is 2.70. The van der Waals surface area contributed by atoms with E-state index < -0.39 is 0 Å². The van der Waals surface area contributed by atoms with Gasteiger partial charge in [0.25, 0.3) is 0 Å². The molecule has 0 aromatic carbocycles. The highest BCUT2D eigenvalue weighted by Crippen LogP contribution is 2.31. The SMILES string of the molecule is O[C@@H]1CC[C@H](O)[C@H]2CC[C@@H]1O2. The molecule has 64 valence electrons. The Balaban J connectivity index is 2.07. The second-order valence-electron chi connectivity index (χ2n) is 3.50. The topological polar surface area (TPSA) is 49.7 Å². The van der Waals surface area contributed by atoms with Gasteiger partial charge in [-0.05, 0) is 25.7 Å². The number of aliphatic hydroxyl groups is 2. The largest absolute Gasteiger partial charge is 0.390 e. The summed E-state index contributed by atoms with van der Waals surface area (Å²) in [7, 11) is 0. The highest BCUT2D eigenvalue weighted by atomic mass is 16.5. The van der Waals surface area contributed by atoms with Gasteiger partial charge in [-0.2, -0.15) is 0 Å². The van der Waals surface area contributed by atoms with Crippen molar-refractivity contribution in [2.75, 3.05) is 0 Å². The van der Waals surface area contributed by atoms with Gasteiger partial charge < -0.3 is 14.9 Å². The maximum absolute atomic E-state index is 9.46. The maximum atomic E-state index is 9.46. The fourth-order valence-corrected chi connectivity index (χ4v) is 1.97. The summed E-state index contributed by atoms with van der Waals surface area (Å²) in [5.74, 6) is 0. The van der Waals surface area contributed by atoms with E-state index in [0.29, 0.717) is 12.8 Å². The third kappa shape index (κ3) is 1.28. The van der Waals surface area contributed by atoms with Gasteiger partial charge in [0.05, 0.1) is 24.4 Å². The molecule has 0 aromatic rings. The molecule has 0 aromatic heterocycles. The van der Waals surface area contributed by atoms with Crippen molar-refractivity contribution in [1.29, 1.82) is 0 Å². The van der Waals surface area contributed by atoms with Crippen molar-refractivity contribution in [1.82, 2.24) is 0 Å². The highest BCUT2D eigenvalue weighted by molar-refractivity contribution is 4.87. The molecule has 2 saturated heterocycles. The Kier molecular flexibility index (Phi) is 1.87. The zero-order chi connectivity index (χ0) is 7.84. The summed E-state index contributed by atoms with van der Waals surface area (Å²) in [5.41, 5.74) is 0. The summed E-state index contributed by atoms with van der Waals surface area (Å²) in [6.45, 7) is 0. The molecule has 2 N–H and O–H groups in total. The van der Waals surface area contributed by atoms with Crippen LogP contribution in [-0.2, 0) is 4.74 Å². The Hall–Kier alpha value is -0.120. The normalized spacial score (nSPS) is 50.7. The molecular formula is C8H14O3. The summed E-state index contributed by atoms with van der Waals surface area (Å²) in [6, 6.07) is 0. The molecule has 2 heterocycles. The Bertz CT molecular complexity index is 132. The molecule has 11 heavy (non-hydrogen) atoms. The fraction of sp³-hybridized carbons (Fsp3) is 1.00. The molecule has 2 aliphatic rings. The van der Waals surface area contributed by atoms with Crippen LogP contribution in [-0.4, -0.2) is 34.6 Å². The number of ether oxygens (including phenoxy) is 1. The monoisotopic (exact) mass is 158 g/mol. The zero-order valence-electron chi connectivity index (χ0n) is 6.44. The molecule has 4 atom stereocenters. The van der Waals surface area contributed by atoms with E-state index in [1.165, 1.54) is 0 Å². The van der Waals surface area contributed by atoms with Gasteiger partial charge in [-0.1, -0.05) is 0 Å². The second-order valence-corrected chi connectivity index (χ2v) is 3.50. The van der Waals surface area contributed by atoms with Gasteiger partial charge in [0.1, 0.15) is 0 Å². The van der Waals surface area contributed by atoms with Gasteiger partial charge in [0, 0.05) is 0 Å². The molecule has 3 nitrogen and oxygen atoms in total. The first-order chi connectivity index (χ1) is 5.27. The first-order valence-corrected chi connectivity index (χ1v) is 4.29. The van der Waals surface area contributed by atoms with Crippen LogP contribution in [0, 0.1) is 0 Å². The molecule has 0 spiro atoms. The molecule has 0 saturated carbocycles. The van der Waals surface area contributed by atoms with E-state index in [2.05, 4.69) is 0 Å². The van der Waals surface area contributed by atoms with Crippen molar-refractivity contribution in [2.45, 2.75) is 50.1 Å². The maximum Gasteiger partial charge on any atom is 0.0840 e. The van der Waals surface area contributed by atoms with Crippen molar-refractivity contribution >= 4 is 0 Å². The minimum Gasteiger partial charge on any atom is -0.390 e. The van der Waals surface area contributed by atoms with Gasteiger partial charge in [-0.3, -0.25) is 0 Å². The van der Waals surface area contributed by atoms with Crippen molar-refractivity contribution in [2.24, 2.45) is 0 Å². The lowest BCUT2D eigenvalue weighted by molar-refractivity contribution is -0.0493. The Morgan fingerprint density at radius 3 is 1.73 bits per heavy atom. The molecule has 3 heteroatoms. The van der Waals surface area contributed by atoms with E-state index in [0.717, 1.165) is 12.8 Å². The summed E-state index contributed by atoms with van der Waals surface area (Å²) in [6.07, 6.45) is 2.47. The van der Waals surface area contributed by atoms with Crippen LogP contribution in [0.4, 0.5) is 0 Å². The minimum absolute atomic E-state index is 0.00264. The minimum atomic E-state index is -0.350. The van der Waals surface area contributed by atoms with Crippen molar-refractivity contribution in [3.63, 3.8) is 0 Å². The molecule has 0 amide bonds. The lowest BCUT2D eigenvalue weighted by Gasteiger charge is -2.14. The van der Waals surface area contributed by atoms with Crippen LogP contribution in [0.15, 0.2) is 0 Å². The molecule has 2 bridgehead atoms. The molecule has 2 aliphatic heterocycles. The van der Waals surface area contributed by atoms with Gasteiger partial charge in [-0.15, -0.1) is 0 Å². The molecule has 2 fully saturated rings. The predicted molar refractivity (Wildman–Crippen MR) is 39.1 cm³/mol. The first-order valence-electron chi connectivity index (χ1n) is 4.29. The van der Waals surface area contributed by atoms with E-state index in [1.54, 1.807) is 0 Å². The predicted octanol–water partition coefficient (Wildman–Crippen LogP) is 0.0496. The molecule has 2 rings (SSSR count).